The van der Waals surface area contributed by atoms with Gasteiger partial charge in [0.05, 0.1) is 0 Å². The third kappa shape index (κ3) is 1.64. The van der Waals surface area contributed by atoms with E-state index in [4.69, 9.17) is 0 Å². The number of para-hydroxylation sites is 1. The minimum absolute atomic E-state index is 0.279. The second kappa shape index (κ2) is 3.33. The van der Waals surface area contributed by atoms with Gasteiger partial charge in [-0.25, -0.2) is 0 Å². The maximum absolute atomic E-state index is 11.1. The maximum atomic E-state index is 11.1. The molecule has 2 amide bonds. The molecule has 0 aromatic heterocycles. The molecule has 0 radical (unpaired) electrons. The average molecular weight is 188 g/mol. The minimum Gasteiger partial charge on any atom is -0.351 e. The van der Waals surface area contributed by atoms with E-state index in [1.54, 1.807) is 0 Å². The molecule has 0 spiro atoms. The third-order valence-electron chi connectivity index (χ3n) is 1.81. The Bertz CT molecular complexity index is 409. The van der Waals surface area contributed by atoms with Gasteiger partial charge in [0.2, 0.25) is 0 Å². The van der Waals surface area contributed by atoms with Crippen LogP contribution >= 0.6 is 0 Å². The molecule has 1 heterocycles. The van der Waals surface area contributed by atoms with Gasteiger partial charge in [-0.15, -0.1) is 0 Å². The zero-order valence-corrected chi connectivity index (χ0v) is 7.28. The largest absolute Gasteiger partial charge is 0.351 e. The van der Waals surface area contributed by atoms with E-state index in [0.29, 0.717) is 0 Å². The molecule has 4 nitrogen and oxygen atoms in total. The Kier molecular flexibility index (Phi) is 2.02. The molecule has 1 aromatic carbocycles. The predicted molar refractivity (Wildman–Crippen MR) is 51.3 cm³/mol. The summed E-state index contributed by atoms with van der Waals surface area (Å²) < 4.78 is 0. The Morgan fingerprint density at radius 3 is 2.36 bits per heavy atom. The van der Waals surface area contributed by atoms with Gasteiger partial charge in [-0.05, 0) is 12.1 Å². The minimum atomic E-state index is -0.390. The Balaban J connectivity index is 2.16. The van der Waals surface area contributed by atoms with Crippen LogP contribution in [0.1, 0.15) is 0 Å². The van der Waals surface area contributed by atoms with Crippen LogP contribution in [0, 0.1) is 0 Å². The highest BCUT2D eigenvalue weighted by Gasteiger charge is 2.20. The van der Waals surface area contributed by atoms with Gasteiger partial charge in [0, 0.05) is 11.8 Å². The number of hydrogen-bond acceptors (Lipinski definition) is 3. The normalized spacial score (nSPS) is 15.0. The second-order valence-corrected chi connectivity index (χ2v) is 2.87. The molecule has 0 aliphatic carbocycles. The molecule has 1 aliphatic heterocycles. The average Bonchev–Trinajstić information content (AvgIpc) is 2.47. The van der Waals surface area contributed by atoms with E-state index < -0.39 is 0 Å². The van der Waals surface area contributed by atoms with Crippen molar-refractivity contribution in [3.63, 3.8) is 0 Å². The Morgan fingerprint density at radius 2 is 1.79 bits per heavy atom. The van der Waals surface area contributed by atoms with E-state index in [0.717, 1.165) is 5.69 Å². The summed E-state index contributed by atoms with van der Waals surface area (Å²) in [4.78, 5) is 21.9. The Morgan fingerprint density at radius 1 is 1.07 bits per heavy atom. The number of amides is 2. The number of carbonyl (C=O) groups excluding carboxylic acids is 2. The van der Waals surface area contributed by atoms with Crippen LogP contribution in [0.3, 0.4) is 0 Å². The third-order valence-corrected chi connectivity index (χ3v) is 1.81. The molecule has 14 heavy (non-hydrogen) atoms. The number of nitrogens with one attached hydrogen (secondary N) is 2. The molecule has 1 aliphatic rings. The van der Waals surface area contributed by atoms with Crippen molar-refractivity contribution in [3.8, 4) is 0 Å². The molecule has 70 valence electrons. The molecular weight excluding hydrogens is 180 g/mol. The molecule has 2 rings (SSSR count). The van der Waals surface area contributed by atoms with Crippen molar-refractivity contribution in [2.75, 3.05) is 5.32 Å². The quantitative estimate of drug-likeness (QED) is 0.669. The van der Waals surface area contributed by atoms with Crippen molar-refractivity contribution in [3.05, 3.63) is 42.1 Å². The first kappa shape index (κ1) is 8.50. The first-order valence-electron chi connectivity index (χ1n) is 4.15. The first-order chi connectivity index (χ1) is 6.75. The van der Waals surface area contributed by atoms with Gasteiger partial charge in [0.15, 0.2) is 0 Å². The number of carbonyl (C=O) groups is 2. The highest BCUT2D eigenvalue weighted by Crippen LogP contribution is 2.10. The zero-order chi connectivity index (χ0) is 9.97. The first-order valence-corrected chi connectivity index (χ1v) is 4.15. The van der Waals surface area contributed by atoms with Crippen molar-refractivity contribution in [2.45, 2.75) is 0 Å². The van der Waals surface area contributed by atoms with Crippen molar-refractivity contribution in [2.24, 2.45) is 0 Å². The molecule has 4 heteroatoms. The summed E-state index contributed by atoms with van der Waals surface area (Å²) in [5, 5.41) is 5.00. The van der Waals surface area contributed by atoms with Gasteiger partial charge in [0.1, 0.15) is 5.70 Å². The summed E-state index contributed by atoms with van der Waals surface area (Å²) in [6.45, 7) is 0. The van der Waals surface area contributed by atoms with Crippen LogP contribution < -0.4 is 10.6 Å². The lowest BCUT2D eigenvalue weighted by Crippen LogP contribution is -2.24. The summed E-state index contributed by atoms with van der Waals surface area (Å²) in [6, 6.07) is 9.20. The SMILES string of the molecule is O=C1C=C(Nc2ccccc2)C(=O)N1. The molecule has 0 fully saturated rings. The Labute approximate surface area is 80.6 Å². The maximum Gasteiger partial charge on any atom is 0.274 e. The number of benzene rings is 1. The van der Waals surface area contributed by atoms with E-state index in [9.17, 15) is 9.59 Å². The summed E-state index contributed by atoms with van der Waals surface area (Å²) in [6.07, 6.45) is 1.25. The van der Waals surface area contributed by atoms with Crippen molar-refractivity contribution >= 4 is 17.5 Å². The van der Waals surface area contributed by atoms with Gasteiger partial charge in [-0.1, -0.05) is 18.2 Å². The smallest absolute Gasteiger partial charge is 0.274 e. The number of hydrogen-bond donors (Lipinski definition) is 2. The highest BCUT2D eigenvalue weighted by molar-refractivity contribution is 6.17. The fourth-order valence-electron chi connectivity index (χ4n) is 1.18. The van der Waals surface area contributed by atoms with Crippen LogP contribution in [0.5, 0.6) is 0 Å². The van der Waals surface area contributed by atoms with E-state index >= 15 is 0 Å². The topological polar surface area (TPSA) is 58.2 Å². The number of rotatable bonds is 2. The lowest BCUT2D eigenvalue weighted by Gasteiger charge is -2.03. The molecule has 0 bridgehead atoms. The molecule has 0 saturated carbocycles. The highest BCUT2D eigenvalue weighted by atomic mass is 16.2. The number of anilines is 1. The second-order valence-electron chi connectivity index (χ2n) is 2.87. The summed E-state index contributed by atoms with van der Waals surface area (Å²) >= 11 is 0. The van der Waals surface area contributed by atoms with Crippen LogP contribution in [-0.2, 0) is 9.59 Å². The van der Waals surface area contributed by atoms with Gasteiger partial charge in [-0.3, -0.25) is 14.9 Å². The number of imide groups is 1. The lowest BCUT2D eigenvalue weighted by molar-refractivity contribution is -0.123. The fraction of sp³-hybridized carbons (Fsp3) is 0. The molecule has 0 saturated heterocycles. The molecular formula is C10H8N2O2. The van der Waals surface area contributed by atoms with Gasteiger partial charge in [0.25, 0.3) is 11.8 Å². The zero-order valence-electron chi connectivity index (χ0n) is 7.28. The summed E-state index contributed by atoms with van der Waals surface area (Å²) in [5.41, 5.74) is 1.06. The molecule has 2 N–H and O–H groups in total. The van der Waals surface area contributed by atoms with Crippen LogP contribution in [0.15, 0.2) is 42.1 Å². The standard InChI is InChI=1S/C10H8N2O2/c13-9-6-8(10(14)12-9)11-7-4-2-1-3-5-7/h1-6H,(H2,11,12,13,14). The summed E-state index contributed by atoms with van der Waals surface area (Å²) in [5.74, 6) is -0.771. The molecule has 1 aromatic rings. The predicted octanol–water partition coefficient (Wildman–Crippen LogP) is 0.639. The lowest BCUT2D eigenvalue weighted by atomic mass is 10.3. The van der Waals surface area contributed by atoms with Crippen molar-refractivity contribution < 1.29 is 9.59 Å². The molecule has 0 unspecified atom stereocenters. The van der Waals surface area contributed by atoms with E-state index in [1.165, 1.54) is 6.08 Å². The van der Waals surface area contributed by atoms with Gasteiger partial charge < -0.3 is 5.32 Å². The summed E-state index contributed by atoms with van der Waals surface area (Å²) in [7, 11) is 0. The van der Waals surface area contributed by atoms with Gasteiger partial charge >= 0.3 is 0 Å². The molecule has 0 atom stereocenters. The Hall–Kier alpha value is -2.10. The fourth-order valence-corrected chi connectivity index (χ4v) is 1.18. The van der Waals surface area contributed by atoms with Gasteiger partial charge in [-0.2, -0.15) is 0 Å². The van der Waals surface area contributed by atoms with Crippen molar-refractivity contribution in [1.82, 2.24) is 5.32 Å². The van der Waals surface area contributed by atoms with E-state index in [-0.39, 0.29) is 17.5 Å². The van der Waals surface area contributed by atoms with E-state index in [1.807, 2.05) is 30.3 Å². The van der Waals surface area contributed by atoms with Crippen LogP contribution in [0.2, 0.25) is 0 Å². The van der Waals surface area contributed by atoms with Crippen molar-refractivity contribution in [1.29, 1.82) is 0 Å². The van der Waals surface area contributed by atoms with Crippen LogP contribution in [0.4, 0.5) is 5.69 Å². The van der Waals surface area contributed by atoms with Crippen LogP contribution in [0.25, 0.3) is 0 Å². The van der Waals surface area contributed by atoms with Crippen LogP contribution in [-0.4, -0.2) is 11.8 Å². The monoisotopic (exact) mass is 188 g/mol. The van der Waals surface area contributed by atoms with E-state index in [2.05, 4.69) is 10.6 Å².